The van der Waals surface area contributed by atoms with Crippen LogP contribution in [0.15, 0.2) is 60.7 Å². The van der Waals surface area contributed by atoms with Crippen LogP contribution in [0.3, 0.4) is 0 Å². The molecule has 0 radical (unpaired) electrons. The second kappa shape index (κ2) is 8.89. The number of hydrogen-bond donors (Lipinski definition) is 2. The molecule has 0 bridgehead atoms. The molecule has 0 spiro atoms. The van der Waals surface area contributed by atoms with E-state index >= 15 is 0 Å². The maximum Gasteiger partial charge on any atom is 0.229 e. The first kappa shape index (κ1) is 18.5. The van der Waals surface area contributed by atoms with E-state index in [9.17, 15) is 9.18 Å². The number of carbonyl (C=O) groups excluding carboxylic acids is 1. The minimum atomic E-state index is -0.211. The Morgan fingerprint density at radius 1 is 0.963 bits per heavy atom. The summed E-state index contributed by atoms with van der Waals surface area (Å²) in [6.45, 7) is 2.54. The lowest BCUT2D eigenvalue weighted by molar-refractivity contribution is -0.115. The minimum Gasteiger partial charge on any atom is -0.368 e. The monoisotopic (exact) mass is 364 g/mol. The number of rotatable bonds is 7. The second-order valence-electron chi connectivity index (χ2n) is 6.28. The average molecular weight is 364 g/mol. The van der Waals surface area contributed by atoms with Crippen molar-refractivity contribution in [3.05, 3.63) is 83.2 Å². The van der Waals surface area contributed by atoms with Crippen LogP contribution in [-0.2, 0) is 17.6 Å². The number of hydrogen-bond acceptors (Lipinski definition) is 4. The zero-order valence-corrected chi connectivity index (χ0v) is 15.1. The van der Waals surface area contributed by atoms with Gasteiger partial charge in [-0.15, -0.1) is 10.2 Å². The molecule has 0 saturated carbocycles. The Balaban J connectivity index is 1.47. The Bertz CT molecular complexity index is 895. The number of nitrogens with zero attached hydrogens (tertiary/aromatic N) is 2. The molecular formula is C21H21FN4O. The lowest BCUT2D eigenvalue weighted by atomic mass is 10.1. The summed E-state index contributed by atoms with van der Waals surface area (Å²) in [7, 11) is 0. The number of benzene rings is 2. The highest BCUT2D eigenvalue weighted by molar-refractivity contribution is 5.91. The number of anilines is 2. The molecule has 27 heavy (non-hydrogen) atoms. The van der Waals surface area contributed by atoms with Crippen LogP contribution in [0.25, 0.3) is 0 Å². The molecule has 0 saturated heterocycles. The zero-order chi connectivity index (χ0) is 19.1. The van der Waals surface area contributed by atoms with E-state index in [-0.39, 0.29) is 18.1 Å². The van der Waals surface area contributed by atoms with Crippen LogP contribution < -0.4 is 10.6 Å². The molecule has 6 heteroatoms. The van der Waals surface area contributed by atoms with Crippen LogP contribution in [0.5, 0.6) is 0 Å². The van der Waals surface area contributed by atoms with E-state index in [2.05, 4.69) is 20.8 Å². The number of nitrogens with one attached hydrogen (secondary N) is 2. The lowest BCUT2D eigenvalue weighted by Crippen LogP contribution is -2.16. The summed E-state index contributed by atoms with van der Waals surface area (Å²) in [5.74, 6) is 0.611. The number of aryl methyl sites for hydroxylation is 1. The highest BCUT2D eigenvalue weighted by Gasteiger charge is 2.06. The van der Waals surface area contributed by atoms with Crippen LogP contribution >= 0.6 is 0 Å². The van der Waals surface area contributed by atoms with Crippen molar-refractivity contribution >= 4 is 17.5 Å². The molecule has 0 aliphatic carbocycles. The Hall–Kier alpha value is -3.28. The Kier molecular flexibility index (Phi) is 6.10. The molecule has 3 aromatic rings. The summed E-state index contributed by atoms with van der Waals surface area (Å²) in [4.78, 5) is 12.1. The average Bonchev–Trinajstić information content (AvgIpc) is 2.66. The third-order valence-electron chi connectivity index (χ3n) is 4.08. The normalized spacial score (nSPS) is 10.4. The van der Waals surface area contributed by atoms with E-state index in [1.54, 1.807) is 24.3 Å². The van der Waals surface area contributed by atoms with Gasteiger partial charge in [-0.25, -0.2) is 4.39 Å². The van der Waals surface area contributed by atoms with Gasteiger partial charge in [0.1, 0.15) is 11.6 Å². The predicted octanol–water partition coefficient (Wildman–Crippen LogP) is 3.76. The van der Waals surface area contributed by atoms with Crippen molar-refractivity contribution in [2.75, 3.05) is 17.2 Å². The zero-order valence-electron chi connectivity index (χ0n) is 15.1. The van der Waals surface area contributed by atoms with Gasteiger partial charge in [0, 0.05) is 6.54 Å². The van der Waals surface area contributed by atoms with Gasteiger partial charge >= 0.3 is 0 Å². The summed E-state index contributed by atoms with van der Waals surface area (Å²) in [5, 5.41) is 13.9. The van der Waals surface area contributed by atoms with E-state index in [0.717, 1.165) is 11.1 Å². The van der Waals surface area contributed by atoms with Gasteiger partial charge in [0.25, 0.3) is 0 Å². The predicted molar refractivity (Wildman–Crippen MR) is 104 cm³/mol. The van der Waals surface area contributed by atoms with Crippen molar-refractivity contribution in [2.45, 2.75) is 19.8 Å². The van der Waals surface area contributed by atoms with Gasteiger partial charge in [-0.2, -0.15) is 0 Å². The molecular weight excluding hydrogens is 343 g/mol. The van der Waals surface area contributed by atoms with Gasteiger partial charge < -0.3 is 10.6 Å². The van der Waals surface area contributed by atoms with Gasteiger partial charge in [0.2, 0.25) is 5.91 Å². The van der Waals surface area contributed by atoms with Crippen LogP contribution in [0.2, 0.25) is 0 Å². The van der Waals surface area contributed by atoms with Crippen molar-refractivity contribution in [3.63, 3.8) is 0 Å². The maximum absolute atomic E-state index is 13.6. The Labute approximate surface area is 157 Å². The quantitative estimate of drug-likeness (QED) is 0.670. The van der Waals surface area contributed by atoms with Crippen LogP contribution in [0, 0.1) is 12.7 Å². The molecule has 0 fully saturated rings. The van der Waals surface area contributed by atoms with Crippen LogP contribution in [0.1, 0.15) is 16.7 Å². The molecule has 0 aliphatic rings. The fourth-order valence-corrected chi connectivity index (χ4v) is 2.60. The van der Waals surface area contributed by atoms with Crippen molar-refractivity contribution in [1.29, 1.82) is 0 Å². The summed E-state index contributed by atoms with van der Waals surface area (Å²) < 4.78 is 13.6. The molecule has 0 unspecified atom stereocenters. The molecule has 5 nitrogen and oxygen atoms in total. The Morgan fingerprint density at radius 2 is 1.67 bits per heavy atom. The fraction of sp³-hybridized carbons (Fsp3) is 0.190. The summed E-state index contributed by atoms with van der Waals surface area (Å²) in [6.07, 6.45) is 0.827. The van der Waals surface area contributed by atoms with Crippen molar-refractivity contribution in [1.82, 2.24) is 10.2 Å². The highest BCUT2D eigenvalue weighted by atomic mass is 19.1. The van der Waals surface area contributed by atoms with Crippen molar-refractivity contribution in [2.24, 2.45) is 0 Å². The van der Waals surface area contributed by atoms with E-state index in [4.69, 9.17) is 0 Å². The van der Waals surface area contributed by atoms with Gasteiger partial charge in [0.15, 0.2) is 5.82 Å². The highest BCUT2D eigenvalue weighted by Crippen LogP contribution is 2.10. The van der Waals surface area contributed by atoms with Crippen molar-refractivity contribution < 1.29 is 9.18 Å². The second-order valence-corrected chi connectivity index (χ2v) is 6.28. The molecule has 1 heterocycles. The van der Waals surface area contributed by atoms with Crippen molar-refractivity contribution in [3.8, 4) is 0 Å². The van der Waals surface area contributed by atoms with Gasteiger partial charge in [-0.3, -0.25) is 4.79 Å². The van der Waals surface area contributed by atoms with Gasteiger partial charge in [-0.05, 0) is 42.7 Å². The number of amides is 1. The molecule has 2 N–H and O–H groups in total. The fourth-order valence-electron chi connectivity index (χ4n) is 2.60. The largest absolute Gasteiger partial charge is 0.368 e. The number of aromatic nitrogens is 2. The third kappa shape index (κ3) is 5.60. The van der Waals surface area contributed by atoms with E-state index in [1.165, 1.54) is 6.07 Å². The molecule has 3 rings (SSSR count). The lowest BCUT2D eigenvalue weighted by Gasteiger charge is -2.07. The van der Waals surface area contributed by atoms with Gasteiger partial charge in [0.05, 0.1) is 6.42 Å². The maximum atomic E-state index is 13.6. The summed E-state index contributed by atoms with van der Waals surface area (Å²) in [5.41, 5.74) is 2.75. The standard InChI is InChI=1S/C21H21FN4O/c1-15-6-8-16(9-7-15)14-21(27)24-20-11-10-19(25-26-20)23-13-12-17-4-2-3-5-18(17)22/h2-11H,12-14H2,1H3,(H,23,25)(H,24,26,27). The topological polar surface area (TPSA) is 66.9 Å². The summed E-state index contributed by atoms with van der Waals surface area (Å²) >= 11 is 0. The number of halogens is 1. The van der Waals surface area contributed by atoms with Gasteiger partial charge in [-0.1, -0.05) is 48.0 Å². The van der Waals surface area contributed by atoms with E-state index < -0.39 is 0 Å². The smallest absolute Gasteiger partial charge is 0.229 e. The Morgan fingerprint density at radius 3 is 2.37 bits per heavy atom. The first-order valence-corrected chi connectivity index (χ1v) is 8.76. The SMILES string of the molecule is Cc1ccc(CC(=O)Nc2ccc(NCCc3ccccc3F)nn2)cc1. The van der Waals surface area contributed by atoms with Crippen LogP contribution in [-0.4, -0.2) is 22.6 Å². The third-order valence-corrected chi connectivity index (χ3v) is 4.08. The minimum absolute atomic E-state index is 0.145. The molecule has 1 aromatic heterocycles. The molecule has 0 atom stereocenters. The summed E-state index contributed by atoms with van der Waals surface area (Å²) in [6, 6.07) is 17.9. The first-order chi connectivity index (χ1) is 13.1. The molecule has 138 valence electrons. The van der Waals surface area contributed by atoms with E-state index in [0.29, 0.717) is 30.2 Å². The van der Waals surface area contributed by atoms with E-state index in [1.807, 2.05) is 37.3 Å². The first-order valence-electron chi connectivity index (χ1n) is 8.76. The number of carbonyl (C=O) groups is 1. The molecule has 2 aromatic carbocycles. The molecule has 0 aliphatic heterocycles. The molecule has 1 amide bonds. The van der Waals surface area contributed by atoms with Crippen LogP contribution in [0.4, 0.5) is 16.0 Å².